The van der Waals surface area contributed by atoms with Gasteiger partial charge in [-0.2, -0.15) is 18.2 Å². The number of aromatic nitrogens is 2. The van der Waals surface area contributed by atoms with E-state index in [2.05, 4.69) is 31.2 Å². The van der Waals surface area contributed by atoms with Crippen LogP contribution in [0.1, 0.15) is 23.6 Å². The Hall–Kier alpha value is -3.82. The van der Waals surface area contributed by atoms with Gasteiger partial charge in [0.05, 0.1) is 6.42 Å². The van der Waals surface area contributed by atoms with E-state index in [1.54, 1.807) is 18.2 Å². The summed E-state index contributed by atoms with van der Waals surface area (Å²) in [7, 11) is 0. The minimum Gasteiger partial charge on any atom is -0.385 e. The molecule has 0 radical (unpaired) electrons. The van der Waals surface area contributed by atoms with Crippen LogP contribution < -0.4 is 21.3 Å². The zero-order valence-electron chi connectivity index (χ0n) is 17.2. The van der Waals surface area contributed by atoms with Crippen molar-refractivity contribution < 1.29 is 18.0 Å². The molecular formula is C22H21F3N6O. The molecule has 0 atom stereocenters. The molecule has 1 amide bonds. The first-order chi connectivity index (χ1) is 15.3. The molecule has 0 spiro atoms. The molecule has 0 bridgehead atoms. The number of carbonyl (C=O) groups is 1. The molecule has 0 saturated heterocycles. The van der Waals surface area contributed by atoms with Crippen molar-refractivity contribution in [3.05, 3.63) is 65.4 Å². The number of hydrogen-bond donors (Lipinski definition) is 4. The fourth-order valence-electron chi connectivity index (χ4n) is 3.44. The second-order valence-electron chi connectivity index (χ2n) is 7.22. The van der Waals surface area contributed by atoms with E-state index in [4.69, 9.17) is 0 Å². The smallest absolute Gasteiger partial charge is 0.385 e. The number of rotatable bonds is 7. The molecule has 1 aliphatic rings. The maximum absolute atomic E-state index is 13.5. The first-order valence-electron chi connectivity index (χ1n) is 10.0. The number of hydrogen-bond acceptors (Lipinski definition) is 6. The normalized spacial score (nSPS) is 12.8. The molecule has 0 aliphatic carbocycles. The van der Waals surface area contributed by atoms with Crippen molar-refractivity contribution in [2.45, 2.75) is 26.1 Å². The molecular weight excluding hydrogens is 421 g/mol. The molecule has 1 aromatic heterocycles. The second-order valence-corrected chi connectivity index (χ2v) is 7.22. The first kappa shape index (κ1) is 21.4. The van der Waals surface area contributed by atoms with E-state index < -0.39 is 11.7 Å². The number of para-hydroxylation sites is 1. The Bertz CT molecular complexity index is 1150. The van der Waals surface area contributed by atoms with E-state index in [0.29, 0.717) is 12.2 Å². The third-order valence-corrected chi connectivity index (χ3v) is 4.91. The predicted molar refractivity (Wildman–Crippen MR) is 117 cm³/mol. The number of anilines is 5. The summed E-state index contributed by atoms with van der Waals surface area (Å²) >= 11 is 0. The average molecular weight is 442 g/mol. The first-order valence-corrected chi connectivity index (χ1v) is 10.0. The third-order valence-electron chi connectivity index (χ3n) is 4.91. The highest BCUT2D eigenvalue weighted by Gasteiger charge is 2.35. The lowest BCUT2D eigenvalue weighted by Crippen LogP contribution is -2.15. The van der Waals surface area contributed by atoms with Gasteiger partial charge in [0, 0.05) is 36.3 Å². The second kappa shape index (κ2) is 8.74. The average Bonchev–Trinajstić information content (AvgIpc) is 3.12. The van der Waals surface area contributed by atoms with Gasteiger partial charge in [-0.3, -0.25) is 4.79 Å². The van der Waals surface area contributed by atoms with Crippen LogP contribution in [0.4, 0.5) is 42.0 Å². The van der Waals surface area contributed by atoms with Crippen LogP contribution in [0.3, 0.4) is 0 Å². The quantitative estimate of drug-likeness (QED) is 0.421. The van der Waals surface area contributed by atoms with Crippen molar-refractivity contribution >= 4 is 34.7 Å². The molecule has 4 N–H and O–H groups in total. The molecule has 2 heterocycles. The summed E-state index contributed by atoms with van der Waals surface area (Å²) < 4.78 is 40.6. The van der Waals surface area contributed by atoms with Crippen LogP contribution in [0.2, 0.25) is 0 Å². The number of nitrogens with one attached hydrogen (secondary N) is 4. The number of halogens is 3. The third kappa shape index (κ3) is 4.74. The Morgan fingerprint density at radius 1 is 1.12 bits per heavy atom. The van der Waals surface area contributed by atoms with E-state index >= 15 is 0 Å². The van der Waals surface area contributed by atoms with Crippen molar-refractivity contribution in [2.24, 2.45) is 0 Å². The highest BCUT2D eigenvalue weighted by Crippen LogP contribution is 2.35. The highest BCUT2D eigenvalue weighted by molar-refractivity contribution is 5.99. The standard InChI is InChI=1S/C22H21F3N6O/c1-2-26-17-6-4-3-5-13(17)11-27-20-16(22(23,24)25)12-28-21(31-20)29-15-7-8-18-14(9-15)10-19(32)30-18/h3-9,12,26H,2,10-11H2,1H3,(H,30,32)(H2,27,28,29,31). The van der Waals surface area contributed by atoms with Crippen molar-refractivity contribution in [1.29, 1.82) is 0 Å². The zero-order valence-corrected chi connectivity index (χ0v) is 17.2. The van der Waals surface area contributed by atoms with E-state index in [9.17, 15) is 18.0 Å². The Balaban J connectivity index is 1.58. The van der Waals surface area contributed by atoms with Crippen molar-refractivity contribution in [2.75, 3.05) is 27.8 Å². The topological polar surface area (TPSA) is 91.0 Å². The largest absolute Gasteiger partial charge is 0.421 e. The summed E-state index contributed by atoms with van der Waals surface area (Å²) in [5.41, 5.74) is 2.79. The Labute approximate surface area is 182 Å². The summed E-state index contributed by atoms with van der Waals surface area (Å²) in [6.07, 6.45) is -3.61. The SMILES string of the molecule is CCNc1ccccc1CNc1nc(Nc2ccc3c(c2)CC(=O)N3)ncc1C(F)(F)F. The van der Waals surface area contributed by atoms with Crippen molar-refractivity contribution in [3.8, 4) is 0 Å². The number of amides is 1. The molecule has 3 aromatic rings. The van der Waals surface area contributed by atoms with Crippen molar-refractivity contribution in [3.63, 3.8) is 0 Å². The van der Waals surface area contributed by atoms with Gasteiger partial charge in [0.15, 0.2) is 0 Å². The van der Waals surface area contributed by atoms with E-state index in [1.807, 2.05) is 31.2 Å². The molecule has 166 valence electrons. The van der Waals surface area contributed by atoms with Crippen LogP contribution in [0.5, 0.6) is 0 Å². The van der Waals surface area contributed by atoms with Gasteiger partial charge < -0.3 is 21.3 Å². The molecule has 2 aromatic carbocycles. The van der Waals surface area contributed by atoms with Gasteiger partial charge in [-0.25, -0.2) is 4.98 Å². The van der Waals surface area contributed by atoms with Crippen LogP contribution in [-0.4, -0.2) is 22.4 Å². The van der Waals surface area contributed by atoms with Gasteiger partial charge in [-0.15, -0.1) is 0 Å². The molecule has 0 fully saturated rings. The van der Waals surface area contributed by atoms with Crippen LogP contribution >= 0.6 is 0 Å². The van der Waals surface area contributed by atoms with Crippen LogP contribution in [-0.2, 0) is 23.9 Å². The number of benzene rings is 2. The van der Waals surface area contributed by atoms with Gasteiger partial charge >= 0.3 is 6.18 Å². The summed E-state index contributed by atoms with van der Waals surface area (Å²) in [5.74, 6) is -0.413. The van der Waals surface area contributed by atoms with E-state index in [0.717, 1.165) is 28.7 Å². The molecule has 0 saturated carbocycles. The number of fused-ring (bicyclic) bond motifs is 1. The van der Waals surface area contributed by atoms with Crippen molar-refractivity contribution in [1.82, 2.24) is 9.97 Å². The minimum absolute atomic E-state index is 0.0118. The Kier molecular flexibility index (Phi) is 5.85. The number of carbonyl (C=O) groups excluding carboxylic acids is 1. The monoisotopic (exact) mass is 442 g/mol. The van der Waals surface area contributed by atoms with E-state index in [-0.39, 0.29) is 30.6 Å². The van der Waals surface area contributed by atoms with Crippen LogP contribution in [0.25, 0.3) is 0 Å². The molecule has 10 heteroatoms. The lowest BCUT2D eigenvalue weighted by Gasteiger charge is -2.16. The van der Waals surface area contributed by atoms with Crippen LogP contribution in [0, 0.1) is 0 Å². The summed E-state index contributed by atoms with van der Waals surface area (Å²) in [5, 5.41) is 11.6. The summed E-state index contributed by atoms with van der Waals surface area (Å²) in [4.78, 5) is 19.4. The van der Waals surface area contributed by atoms with Crippen LogP contribution in [0.15, 0.2) is 48.7 Å². The number of nitrogens with zero attached hydrogens (tertiary/aromatic N) is 2. The predicted octanol–water partition coefficient (Wildman–Crippen LogP) is 4.78. The summed E-state index contributed by atoms with van der Waals surface area (Å²) in [6, 6.07) is 12.5. The Morgan fingerprint density at radius 2 is 1.94 bits per heavy atom. The maximum Gasteiger partial charge on any atom is 0.421 e. The Morgan fingerprint density at radius 3 is 2.72 bits per heavy atom. The molecule has 0 unspecified atom stereocenters. The van der Waals surface area contributed by atoms with Gasteiger partial charge in [0.1, 0.15) is 11.4 Å². The maximum atomic E-state index is 13.5. The van der Waals surface area contributed by atoms with Gasteiger partial charge in [0.25, 0.3) is 0 Å². The lowest BCUT2D eigenvalue weighted by molar-refractivity contribution is -0.137. The minimum atomic E-state index is -4.61. The molecule has 32 heavy (non-hydrogen) atoms. The fourth-order valence-corrected chi connectivity index (χ4v) is 3.44. The van der Waals surface area contributed by atoms with Gasteiger partial charge in [-0.05, 0) is 42.3 Å². The molecule has 7 nitrogen and oxygen atoms in total. The fraction of sp³-hybridized carbons (Fsp3) is 0.227. The van der Waals surface area contributed by atoms with Gasteiger partial charge in [-0.1, -0.05) is 18.2 Å². The van der Waals surface area contributed by atoms with E-state index in [1.165, 1.54) is 0 Å². The van der Waals surface area contributed by atoms with Gasteiger partial charge in [0.2, 0.25) is 11.9 Å². The number of alkyl halides is 3. The lowest BCUT2D eigenvalue weighted by atomic mass is 10.1. The molecule has 4 rings (SSSR count). The molecule has 1 aliphatic heterocycles. The highest BCUT2D eigenvalue weighted by atomic mass is 19.4. The summed E-state index contributed by atoms with van der Waals surface area (Å²) in [6.45, 7) is 2.78. The zero-order chi connectivity index (χ0) is 22.7.